The summed E-state index contributed by atoms with van der Waals surface area (Å²) in [5.41, 5.74) is 0.637. The van der Waals surface area contributed by atoms with Crippen LogP contribution in [0.5, 0.6) is 0 Å². The minimum absolute atomic E-state index is 0.0859. The Balaban J connectivity index is 2.95. The average molecular weight is 292 g/mol. The summed E-state index contributed by atoms with van der Waals surface area (Å²) in [6.07, 6.45) is 4.58. The van der Waals surface area contributed by atoms with Crippen molar-refractivity contribution in [2.45, 2.75) is 58.3 Å². The van der Waals surface area contributed by atoms with Crippen molar-refractivity contribution in [2.24, 2.45) is 0 Å². The van der Waals surface area contributed by atoms with Gasteiger partial charge in [0.25, 0.3) is 0 Å². The Morgan fingerprint density at radius 2 is 2.00 bits per heavy atom. The molecule has 1 unspecified atom stereocenters. The van der Waals surface area contributed by atoms with Crippen molar-refractivity contribution in [3.63, 3.8) is 0 Å². The van der Waals surface area contributed by atoms with E-state index in [2.05, 4.69) is 41.7 Å². The van der Waals surface area contributed by atoms with Crippen LogP contribution in [-0.4, -0.2) is 4.98 Å². The number of unbranched alkanes of at least 4 members (excludes halogenated alkanes) is 1. The van der Waals surface area contributed by atoms with Gasteiger partial charge < -0.3 is 4.42 Å². The Bertz CT molecular complexity index is 340. The number of aromatic nitrogens is 1. The van der Waals surface area contributed by atoms with Gasteiger partial charge in [0, 0.05) is 5.41 Å². The van der Waals surface area contributed by atoms with Crippen molar-refractivity contribution in [3.05, 3.63) is 16.5 Å². The van der Waals surface area contributed by atoms with Crippen LogP contribution in [0.25, 0.3) is 0 Å². The second kappa shape index (κ2) is 5.80. The third kappa shape index (κ3) is 3.06. The number of oxazole rings is 1. The molecule has 0 bridgehead atoms. The van der Waals surface area contributed by atoms with Gasteiger partial charge in [0.05, 0.1) is 0 Å². The van der Waals surface area contributed by atoms with Gasteiger partial charge in [-0.05, 0) is 28.8 Å². The van der Waals surface area contributed by atoms with E-state index in [1.54, 1.807) is 0 Å². The minimum Gasteiger partial charge on any atom is -0.407 e. The van der Waals surface area contributed by atoms with Gasteiger partial charge in [0.15, 0.2) is 4.67 Å². The molecule has 1 rings (SSSR count). The van der Waals surface area contributed by atoms with Gasteiger partial charge >= 0.3 is 6.14 Å². The monoisotopic (exact) mass is 291 g/mol. The molecule has 0 fully saturated rings. The lowest BCUT2D eigenvalue weighted by atomic mass is 9.78. The number of rotatable bonds is 6. The number of nitrogens with zero attached hydrogens (tertiary/aromatic N) is 1. The Kier molecular flexibility index (Phi) is 4.96. The topological polar surface area (TPSA) is 26.0 Å². The van der Waals surface area contributed by atoms with Crippen molar-refractivity contribution in [1.29, 1.82) is 0 Å². The molecule has 4 heteroatoms. The van der Waals surface area contributed by atoms with Gasteiger partial charge in [0.1, 0.15) is 5.69 Å². The normalized spacial score (nSPS) is 15.1. The molecule has 0 aliphatic rings. The first kappa shape index (κ1) is 13.7. The third-order valence-corrected chi connectivity index (χ3v) is 3.55. The van der Waals surface area contributed by atoms with Crippen LogP contribution in [0.4, 0.5) is 4.39 Å². The zero-order valence-electron chi connectivity index (χ0n) is 10.1. The number of halogens is 2. The van der Waals surface area contributed by atoms with Gasteiger partial charge in [-0.25, -0.2) is 0 Å². The van der Waals surface area contributed by atoms with E-state index in [0.717, 1.165) is 37.8 Å². The summed E-state index contributed by atoms with van der Waals surface area (Å²) < 4.78 is 18.2. The fourth-order valence-electron chi connectivity index (χ4n) is 2.13. The molecule has 1 aromatic rings. The first-order valence-electron chi connectivity index (χ1n) is 5.85. The summed E-state index contributed by atoms with van der Waals surface area (Å²) >= 11 is 3.25. The molecule has 0 spiro atoms. The zero-order chi connectivity index (χ0) is 12.2. The molecule has 16 heavy (non-hydrogen) atoms. The molecule has 0 aromatic carbocycles. The van der Waals surface area contributed by atoms with Crippen LogP contribution in [0.1, 0.15) is 58.6 Å². The van der Waals surface area contributed by atoms with Gasteiger partial charge in [0.2, 0.25) is 0 Å². The molecule has 0 N–H and O–H groups in total. The SMILES string of the molecule is CCCCC(C)(CCC)c1nc(F)oc1Br. The van der Waals surface area contributed by atoms with Crippen LogP contribution in [0, 0.1) is 6.14 Å². The fourth-order valence-corrected chi connectivity index (χ4v) is 2.83. The maximum Gasteiger partial charge on any atom is 0.382 e. The van der Waals surface area contributed by atoms with Crippen LogP contribution < -0.4 is 0 Å². The van der Waals surface area contributed by atoms with Crippen LogP contribution in [0.3, 0.4) is 0 Å². The minimum atomic E-state index is -0.749. The van der Waals surface area contributed by atoms with Crippen molar-refractivity contribution in [1.82, 2.24) is 4.98 Å². The van der Waals surface area contributed by atoms with E-state index in [4.69, 9.17) is 4.42 Å². The lowest BCUT2D eigenvalue weighted by Gasteiger charge is -2.27. The van der Waals surface area contributed by atoms with E-state index < -0.39 is 6.14 Å². The Labute approximate surface area is 105 Å². The first-order chi connectivity index (χ1) is 7.53. The van der Waals surface area contributed by atoms with E-state index in [-0.39, 0.29) is 5.41 Å². The molecule has 0 amide bonds. The highest BCUT2D eigenvalue weighted by molar-refractivity contribution is 9.10. The van der Waals surface area contributed by atoms with E-state index in [9.17, 15) is 4.39 Å². The molecule has 0 aliphatic carbocycles. The lowest BCUT2D eigenvalue weighted by molar-refractivity contribution is 0.325. The van der Waals surface area contributed by atoms with Gasteiger partial charge in [-0.1, -0.05) is 40.0 Å². The quantitative estimate of drug-likeness (QED) is 0.751. The molecule has 0 saturated carbocycles. The van der Waals surface area contributed by atoms with Gasteiger partial charge in [-0.2, -0.15) is 4.98 Å². The highest BCUT2D eigenvalue weighted by atomic mass is 79.9. The van der Waals surface area contributed by atoms with Crippen LogP contribution in [0.2, 0.25) is 0 Å². The van der Waals surface area contributed by atoms with Crippen LogP contribution in [0.15, 0.2) is 9.09 Å². The average Bonchev–Trinajstić information content (AvgIpc) is 2.56. The van der Waals surface area contributed by atoms with Crippen molar-refractivity contribution >= 4 is 15.9 Å². The van der Waals surface area contributed by atoms with E-state index in [1.165, 1.54) is 0 Å². The summed E-state index contributed by atoms with van der Waals surface area (Å²) in [6, 6.07) is 0. The van der Waals surface area contributed by atoms with Crippen molar-refractivity contribution in [2.75, 3.05) is 0 Å². The van der Waals surface area contributed by atoms with Gasteiger partial charge in [-0.15, -0.1) is 4.39 Å². The zero-order valence-corrected chi connectivity index (χ0v) is 11.7. The standard InChI is InChI=1S/C12H19BrFNO/c1-4-6-8-12(3,7-5-2)9-10(13)16-11(14)15-9/h4-8H2,1-3H3. The Morgan fingerprint density at radius 1 is 1.31 bits per heavy atom. The molecule has 0 aliphatic heterocycles. The second-order valence-electron chi connectivity index (χ2n) is 4.50. The highest BCUT2D eigenvalue weighted by Crippen LogP contribution is 2.37. The smallest absolute Gasteiger partial charge is 0.382 e. The fraction of sp³-hybridized carbons (Fsp3) is 0.750. The van der Waals surface area contributed by atoms with Crippen LogP contribution in [-0.2, 0) is 5.41 Å². The largest absolute Gasteiger partial charge is 0.407 e. The molecule has 1 aromatic heterocycles. The van der Waals surface area contributed by atoms with Crippen molar-refractivity contribution < 1.29 is 8.81 Å². The molecule has 0 radical (unpaired) electrons. The Hall–Kier alpha value is -0.380. The molecule has 2 nitrogen and oxygen atoms in total. The molecule has 1 heterocycles. The van der Waals surface area contributed by atoms with Crippen LogP contribution >= 0.6 is 15.9 Å². The third-order valence-electron chi connectivity index (χ3n) is 3.02. The Morgan fingerprint density at radius 3 is 2.44 bits per heavy atom. The molecule has 0 saturated heterocycles. The number of hydrogen-bond acceptors (Lipinski definition) is 2. The number of hydrogen-bond donors (Lipinski definition) is 0. The first-order valence-corrected chi connectivity index (χ1v) is 6.65. The maximum atomic E-state index is 13.0. The summed E-state index contributed by atoms with van der Waals surface area (Å²) in [4.78, 5) is 3.87. The summed E-state index contributed by atoms with van der Waals surface area (Å²) in [6.45, 7) is 6.42. The predicted molar refractivity (Wildman–Crippen MR) is 65.9 cm³/mol. The van der Waals surface area contributed by atoms with E-state index in [1.807, 2.05) is 0 Å². The van der Waals surface area contributed by atoms with E-state index >= 15 is 0 Å². The highest BCUT2D eigenvalue weighted by Gasteiger charge is 2.31. The molecule has 92 valence electrons. The maximum absolute atomic E-state index is 13.0. The van der Waals surface area contributed by atoms with Gasteiger partial charge in [-0.3, -0.25) is 0 Å². The lowest BCUT2D eigenvalue weighted by Crippen LogP contribution is -2.23. The van der Waals surface area contributed by atoms with E-state index in [0.29, 0.717) is 4.67 Å². The molecular formula is C12H19BrFNO. The molecule has 1 atom stereocenters. The molecular weight excluding hydrogens is 273 g/mol. The summed E-state index contributed by atoms with van der Waals surface area (Å²) in [7, 11) is 0. The van der Waals surface area contributed by atoms with Crippen molar-refractivity contribution in [3.8, 4) is 0 Å². The summed E-state index contributed by atoms with van der Waals surface area (Å²) in [5.74, 6) is 0. The second-order valence-corrected chi connectivity index (χ2v) is 5.22. The summed E-state index contributed by atoms with van der Waals surface area (Å²) in [5, 5.41) is 0. The predicted octanol–water partition coefficient (Wildman–Crippen LogP) is 4.82.